The molecule has 0 aliphatic carbocycles. The van der Waals surface area contributed by atoms with E-state index in [1.165, 1.54) is 22.9 Å². The van der Waals surface area contributed by atoms with Crippen LogP contribution in [0.15, 0.2) is 47.4 Å². The molecule has 0 aliphatic rings. The molecular weight excluding hydrogens is 334 g/mol. The monoisotopic (exact) mass is 353 g/mol. The predicted molar refractivity (Wildman–Crippen MR) is 98.6 cm³/mol. The highest BCUT2D eigenvalue weighted by Gasteiger charge is 2.23. The third-order valence-corrected chi connectivity index (χ3v) is 3.94. The second-order valence-electron chi connectivity index (χ2n) is 6.38. The van der Waals surface area contributed by atoms with Crippen LogP contribution in [-0.2, 0) is 6.54 Å². The quantitative estimate of drug-likeness (QED) is 0.669. The minimum absolute atomic E-state index is 0.0835. The summed E-state index contributed by atoms with van der Waals surface area (Å²) in [6, 6.07) is 9.73. The van der Waals surface area contributed by atoms with Crippen LogP contribution in [0.3, 0.4) is 0 Å². The molecule has 0 atom stereocenters. The highest BCUT2D eigenvalue weighted by molar-refractivity contribution is 6.09. The molecule has 2 aromatic heterocycles. The lowest BCUT2D eigenvalue weighted by molar-refractivity contribution is 0.102. The largest absolute Gasteiger partial charge is 0.506 e. The summed E-state index contributed by atoms with van der Waals surface area (Å²) in [7, 11) is 0. The molecule has 0 fully saturated rings. The minimum atomic E-state index is -0.829. The van der Waals surface area contributed by atoms with E-state index < -0.39 is 17.2 Å². The molecule has 7 heteroatoms. The second kappa shape index (κ2) is 6.87. The maximum Gasteiger partial charge on any atom is 0.267 e. The van der Waals surface area contributed by atoms with Gasteiger partial charge < -0.3 is 20.1 Å². The van der Waals surface area contributed by atoms with Crippen LogP contribution >= 0.6 is 0 Å². The zero-order valence-corrected chi connectivity index (χ0v) is 14.4. The van der Waals surface area contributed by atoms with Gasteiger partial charge in [0.1, 0.15) is 11.3 Å². The van der Waals surface area contributed by atoms with Crippen molar-refractivity contribution < 1.29 is 15.0 Å². The molecule has 7 nitrogen and oxygen atoms in total. The van der Waals surface area contributed by atoms with Crippen molar-refractivity contribution >= 4 is 22.6 Å². The first-order chi connectivity index (χ1) is 12.4. The molecule has 0 saturated heterocycles. The summed E-state index contributed by atoms with van der Waals surface area (Å²) < 4.78 is 1.48. The fourth-order valence-electron chi connectivity index (χ4n) is 2.80. The highest BCUT2D eigenvalue weighted by atomic mass is 16.3. The number of carbonyl (C=O) groups excluding carboxylic acids is 1. The van der Waals surface area contributed by atoms with Gasteiger partial charge in [0.05, 0.1) is 5.52 Å². The molecule has 0 bridgehead atoms. The van der Waals surface area contributed by atoms with Gasteiger partial charge in [-0.25, -0.2) is 4.98 Å². The van der Waals surface area contributed by atoms with E-state index in [1.54, 1.807) is 24.3 Å². The zero-order valence-electron chi connectivity index (χ0n) is 14.4. The molecule has 0 radical (unpaired) electrons. The number of nitrogens with zero attached hydrogens (tertiary/aromatic N) is 2. The number of para-hydroxylation sites is 1. The van der Waals surface area contributed by atoms with Crippen molar-refractivity contribution in [2.75, 3.05) is 5.32 Å². The van der Waals surface area contributed by atoms with Crippen LogP contribution in [0.5, 0.6) is 11.5 Å². The van der Waals surface area contributed by atoms with Gasteiger partial charge >= 0.3 is 0 Å². The lowest BCUT2D eigenvalue weighted by Gasteiger charge is -2.16. The average molecular weight is 353 g/mol. The number of nitrogens with one attached hydrogen (secondary N) is 1. The molecule has 2 heterocycles. The molecule has 0 unspecified atom stereocenters. The van der Waals surface area contributed by atoms with Crippen LogP contribution < -0.4 is 10.9 Å². The van der Waals surface area contributed by atoms with Gasteiger partial charge in [-0.05, 0) is 30.2 Å². The van der Waals surface area contributed by atoms with Gasteiger partial charge in [-0.1, -0.05) is 26.0 Å². The molecule has 26 heavy (non-hydrogen) atoms. The van der Waals surface area contributed by atoms with Gasteiger partial charge in [-0.3, -0.25) is 9.59 Å². The Hall–Kier alpha value is -3.35. The van der Waals surface area contributed by atoms with Crippen molar-refractivity contribution in [3.63, 3.8) is 0 Å². The van der Waals surface area contributed by atoms with Gasteiger partial charge in [-0.15, -0.1) is 0 Å². The Kier molecular flexibility index (Phi) is 4.62. The van der Waals surface area contributed by atoms with E-state index in [2.05, 4.69) is 10.3 Å². The first kappa shape index (κ1) is 17.5. The van der Waals surface area contributed by atoms with E-state index in [4.69, 9.17) is 0 Å². The summed E-state index contributed by atoms with van der Waals surface area (Å²) in [5.41, 5.74) is -0.418. The topological polar surface area (TPSA) is 104 Å². The molecule has 0 saturated carbocycles. The summed E-state index contributed by atoms with van der Waals surface area (Å²) in [6.45, 7) is 4.31. The normalized spacial score (nSPS) is 11.0. The van der Waals surface area contributed by atoms with Crippen molar-refractivity contribution in [2.24, 2.45) is 5.92 Å². The van der Waals surface area contributed by atoms with Crippen molar-refractivity contribution in [3.05, 3.63) is 58.5 Å². The SMILES string of the molecule is CC(C)Cn1c(=O)c(C(=O)Nc2ncccc2O)c(O)c2ccccc21. The Morgan fingerprint density at radius 1 is 1.19 bits per heavy atom. The molecule has 134 valence electrons. The van der Waals surface area contributed by atoms with Crippen LogP contribution in [0, 0.1) is 5.92 Å². The van der Waals surface area contributed by atoms with Gasteiger partial charge in [0.25, 0.3) is 11.5 Å². The van der Waals surface area contributed by atoms with E-state index in [-0.39, 0.29) is 23.0 Å². The first-order valence-corrected chi connectivity index (χ1v) is 8.20. The number of fused-ring (bicyclic) bond motifs is 1. The number of carbonyl (C=O) groups is 1. The number of benzene rings is 1. The molecule has 1 amide bonds. The number of hydrogen-bond donors (Lipinski definition) is 3. The number of anilines is 1. The number of rotatable bonds is 4. The number of amides is 1. The molecule has 0 aliphatic heterocycles. The molecule has 3 N–H and O–H groups in total. The van der Waals surface area contributed by atoms with Crippen LogP contribution in [0.1, 0.15) is 24.2 Å². The fourth-order valence-corrected chi connectivity index (χ4v) is 2.80. The second-order valence-corrected chi connectivity index (χ2v) is 6.38. The molecule has 3 aromatic rings. The summed E-state index contributed by atoms with van der Waals surface area (Å²) in [5.74, 6) is -1.37. The van der Waals surface area contributed by atoms with Crippen LogP contribution in [0.25, 0.3) is 10.9 Å². The fraction of sp³-hybridized carbons (Fsp3) is 0.211. The maximum absolute atomic E-state index is 12.9. The summed E-state index contributed by atoms with van der Waals surface area (Å²) >= 11 is 0. The van der Waals surface area contributed by atoms with Crippen molar-refractivity contribution in [2.45, 2.75) is 20.4 Å². The summed E-state index contributed by atoms with van der Waals surface area (Å²) in [4.78, 5) is 29.4. The summed E-state index contributed by atoms with van der Waals surface area (Å²) in [6.07, 6.45) is 1.40. The Balaban J connectivity index is 2.18. The Morgan fingerprint density at radius 2 is 1.92 bits per heavy atom. The molecule has 0 spiro atoms. The van der Waals surface area contributed by atoms with E-state index in [0.29, 0.717) is 17.4 Å². The van der Waals surface area contributed by atoms with Gasteiger partial charge in [-0.2, -0.15) is 0 Å². The van der Waals surface area contributed by atoms with E-state index in [0.717, 1.165) is 0 Å². The standard InChI is InChI=1S/C19H19N3O4/c1-11(2)10-22-13-7-4-3-6-12(13)16(24)15(19(22)26)18(25)21-17-14(23)8-5-9-20-17/h3-9,11,23-24H,10H2,1-2H3,(H,20,21,25). The van der Waals surface area contributed by atoms with Crippen LogP contribution in [-0.4, -0.2) is 25.7 Å². The first-order valence-electron chi connectivity index (χ1n) is 8.20. The van der Waals surface area contributed by atoms with Crippen molar-refractivity contribution in [1.82, 2.24) is 9.55 Å². The maximum atomic E-state index is 12.9. The highest BCUT2D eigenvalue weighted by Crippen LogP contribution is 2.28. The summed E-state index contributed by atoms with van der Waals surface area (Å²) in [5, 5.41) is 23.1. The molecule has 3 rings (SSSR count). The number of aromatic hydroxyl groups is 2. The average Bonchev–Trinajstić information content (AvgIpc) is 2.60. The molecule has 1 aromatic carbocycles. The predicted octanol–water partition coefficient (Wildman–Crippen LogP) is 2.72. The number of hydrogen-bond acceptors (Lipinski definition) is 5. The van der Waals surface area contributed by atoms with Gasteiger partial charge in [0.2, 0.25) is 0 Å². The Morgan fingerprint density at radius 3 is 2.62 bits per heavy atom. The van der Waals surface area contributed by atoms with Crippen molar-refractivity contribution in [1.29, 1.82) is 0 Å². The zero-order chi connectivity index (χ0) is 18.8. The lowest BCUT2D eigenvalue weighted by Crippen LogP contribution is -2.31. The lowest BCUT2D eigenvalue weighted by atomic mass is 10.1. The van der Waals surface area contributed by atoms with E-state index >= 15 is 0 Å². The van der Waals surface area contributed by atoms with Crippen molar-refractivity contribution in [3.8, 4) is 11.5 Å². The van der Waals surface area contributed by atoms with Gasteiger partial charge in [0, 0.05) is 18.1 Å². The van der Waals surface area contributed by atoms with Crippen LogP contribution in [0.2, 0.25) is 0 Å². The number of pyridine rings is 2. The Bertz CT molecular complexity index is 1040. The third-order valence-electron chi connectivity index (χ3n) is 3.94. The van der Waals surface area contributed by atoms with Crippen LogP contribution in [0.4, 0.5) is 5.82 Å². The van der Waals surface area contributed by atoms with Gasteiger partial charge in [0.15, 0.2) is 11.6 Å². The third kappa shape index (κ3) is 3.11. The molecular formula is C19H19N3O4. The Labute approximate surface area is 149 Å². The number of aromatic nitrogens is 2. The smallest absolute Gasteiger partial charge is 0.267 e. The van der Waals surface area contributed by atoms with E-state index in [1.807, 2.05) is 13.8 Å². The van der Waals surface area contributed by atoms with E-state index in [9.17, 15) is 19.8 Å². The minimum Gasteiger partial charge on any atom is -0.506 e.